The summed E-state index contributed by atoms with van der Waals surface area (Å²) in [6.45, 7) is 0.726. The van der Waals surface area contributed by atoms with Crippen molar-refractivity contribution in [2.45, 2.75) is 6.42 Å². The second-order valence-corrected chi connectivity index (χ2v) is 5.50. The number of hydrogen-bond donors (Lipinski definition) is 3. The lowest BCUT2D eigenvalue weighted by Gasteiger charge is -2.28. The van der Waals surface area contributed by atoms with E-state index in [-0.39, 0.29) is 10.9 Å². The van der Waals surface area contributed by atoms with Crippen LogP contribution in [-0.2, 0) is 0 Å². The van der Waals surface area contributed by atoms with Crippen molar-refractivity contribution in [1.29, 1.82) is 0 Å². The van der Waals surface area contributed by atoms with Gasteiger partial charge in [-0.2, -0.15) is 0 Å². The number of amides is 1. The molecule has 0 radical (unpaired) electrons. The molecule has 1 aromatic rings. The average molecular weight is 316 g/mol. The van der Waals surface area contributed by atoms with Gasteiger partial charge >= 0.3 is 0 Å². The third-order valence-electron chi connectivity index (χ3n) is 4.29. The van der Waals surface area contributed by atoms with Gasteiger partial charge in [0.1, 0.15) is 5.84 Å². The molecule has 3 aliphatic rings. The van der Waals surface area contributed by atoms with Crippen LogP contribution in [0, 0.1) is 11.3 Å². The van der Waals surface area contributed by atoms with Crippen LogP contribution in [0.2, 0.25) is 0 Å². The molecule has 23 heavy (non-hydrogen) atoms. The van der Waals surface area contributed by atoms with Crippen LogP contribution < -0.4 is 21.6 Å². The molecule has 1 amide bonds. The molecule has 0 bridgehead atoms. The summed E-state index contributed by atoms with van der Waals surface area (Å²) in [5.74, 6) is 0.932. The second-order valence-electron chi connectivity index (χ2n) is 5.50. The largest absolute Gasteiger partial charge is 0.412 e. The minimum atomic E-state index is -0.444. The van der Waals surface area contributed by atoms with Crippen LogP contribution >= 0.6 is 0 Å². The van der Waals surface area contributed by atoms with E-state index < -0.39 is 5.91 Å². The fraction of sp³-hybridized carbons (Fsp3) is 0.312. The molecule has 2 atom stereocenters. The maximum Gasteiger partial charge on any atom is 0.250 e. The number of rotatable bonds is 1. The molecule has 2 aliphatic heterocycles. The number of nitrogens with one attached hydrogen (secondary N) is 1. The number of allylic oxidation sites excluding steroid dienone is 1. The lowest BCUT2D eigenvalue weighted by Crippen LogP contribution is -2.35. The summed E-state index contributed by atoms with van der Waals surface area (Å²) in [6.07, 6.45) is 10.9. The number of nitrogens with two attached hydrogens (primary N) is 1. The zero-order valence-corrected chi connectivity index (χ0v) is 12.8. The van der Waals surface area contributed by atoms with Crippen molar-refractivity contribution < 1.29 is 15.4 Å². The van der Waals surface area contributed by atoms with Gasteiger partial charge in [0, 0.05) is 24.6 Å². The molecule has 7 nitrogen and oxygen atoms in total. The van der Waals surface area contributed by atoms with Gasteiger partial charge < -0.3 is 21.6 Å². The molecule has 1 aliphatic carbocycles. The van der Waals surface area contributed by atoms with Gasteiger partial charge in [0.15, 0.2) is 0 Å². The topological polar surface area (TPSA) is 132 Å². The molecule has 6 N–H and O–H groups in total. The van der Waals surface area contributed by atoms with Gasteiger partial charge in [0.05, 0.1) is 17.5 Å². The number of carbonyl (C=O) groups is 1. The van der Waals surface area contributed by atoms with Crippen molar-refractivity contribution in [2.24, 2.45) is 22.1 Å². The van der Waals surface area contributed by atoms with Gasteiger partial charge in [-0.3, -0.25) is 14.8 Å². The van der Waals surface area contributed by atoms with E-state index in [0.29, 0.717) is 11.5 Å². The molecule has 0 saturated carbocycles. The molecule has 0 fully saturated rings. The van der Waals surface area contributed by atoms with E-state index >= 15 is 0 Å². The lowest BCUT2D eigenvalue weighted by molar-refractivity contribution is 0.1000. The summed E-state index contributed by atoms with van der Waals surface area (Å²) in [6, 6.07) is 1.82. The number of carbonyl (C=O) groups excluding carboxylic acids is 1. The Hall–Kier alpha value is -2.51. The molecule has 1 aromatic heterocycles. The van der Waals surface area contributed by atoms with E-state index in [4.69, 9.17) is 10.8 Å². The summed E-state index contributed by atoms with van der Waals surface area (Å²) in [4.78, 5) is 20.2. The Kier molecular flexibility index (Phi) is 4.63. The van der Waals surface area contributed by atoms with Crippen molar-refractivity contribution in [3.8, 4) is 0 Å². The van der Waals surface area contributed by atoms with Crippen molar-refractivity contribution in [1.82, 2.24) is 10.3 Å². The zero-order chi connectivity index (χ0) is 15.7. The van der Waals surface area contributed by atoms with Gasteiger partial charge in [-0.05, 0) is 30.0 Å². The number of aliphatic imine (C=N–C) groups is 1. The van der Waals surface area contributed by atoms with Crippen LogP contribution in [-0.4, -0.2) is 41.0 Å². The Labute approximate surface area is 133 Å². The first-order valence-corrected chi connectivity index (χ1v) is 7.10. The van der Waals surface area contributed by atoms with E-state index in [0.717, 1.165) is 36.5 Å². The number of fused-ring (bicyclic) bond motifs is 3. The predicted octanol–water partition coefficient (Wildman–Crippen LogP) is -1.94. The smallest absolute Gasteiger partial charge is 0.250 e. The number of hydrogen-bond acceptors (Lipinski definition) is 5. The molecule has 2 unspecified atom stereocenters. The number of primary amides is 1. The highest BCUT2D eigenvalue weighted by Gasteiger charge is 2.44. The van der Waals surface area contributed by atoms with Gasteiger partial charge in [0.25, 0.3) is 0 Å². The molecular weight excluding hydrogens is 296 g/mol. The van der Waals surface area contributed by atoms with E-state index in [2.05, 4.69) is 33.5 Å². The zero-order valence-electron chi connectivity index (χ0n) is 12.8. The number of aliphatic hydroxyl groups excluding tert-OH is 1. The summed E-state index contributed by atoms with van der Waals surface area (Å²) in [5.41, 5.74) is 5.65. The van der Waals surface area contributed by atoms with Crippen LogP contribution in [0.1, 0.15) is 16.8 Å². The van der Waals surface area contributed by atoms with Crippen LogP contribution in [0.4, 0.5) is 0 Å². The first-order chi connectivity index (χ1) is 10.7. The predicted molar refractivity (Wildman–Crippen MR) is 87.8 cm³/mol. The second kappa shape index (κ2) is 6.31. The average Bonchev–Trinajstić information content (AvgIpc) is 3.10. The van der Waals surface area contributed by atoms with E-state index in [1.807, 2.05) is 12.3 Å². The quantitative estimate of drug-likeness (QED) is 0.556. The van der Waals surface area contributed by atoms with Crippen molar-refractivity contribution in [3.63, 3.8) is 0 Å². The minimum absolute atomic E-state index is 0. The van der Waals surface area contributed by atoms with E-state index in [9.17, 15) is 4.79 Å². The minimum Gasteiger partial charge on any atom is -0.412 e. The van der Waals surface area contributed by atoms with Gasteiger partial charge in [-0.1, -0.05) is 12.2 Å². The number of pyridine rings is 1. The maximum atomic E-state index is 11.3. The van der Waals surface area contributed by atoms with Crippen LogP contribution in [0.5, 0.6) is 0 Å². The molecule has 0 aromatic carbocycles. The normalized spacial score (nSPS) is 25.5. The molecule has 3 heterocycles. The van der Waals surface area contributed by atoms with Crippen LogP contribution in [0.3, 0.4) is 0 Å². The Balaban J connectivity index is 0.000000617. The van der Waals surface area contributed by atoms with Crippen LogP contribution in [0.15, 0.2) is 29.5 Å². The SMILES string of the molecule is CO.NC(=O)c1cnc2c(c1)=CC1(C=2)CN=C2NC=CCC21.O. The summed E-state index contributed by atoms with van der Waals surface area (Å²) in [5, 5.41) is 12.1. The fourth-order valence-corrected chi connectivity index (χ4v) is 3.26. The van der Waals surface area contributed by atoms with Crippen molar-refractivity contribution in [3.05, 3.63) is 40.7 Å². The number of amidine groups is 1. The van der Waals surface area contributed by atoms with Gasteiger partial charge in [-0.15, -0.1) is 0 Å². The van der Waals surface area contributed by atoms with Crippen molar-refractivity contribution in [2.75, 3.05) is 13.7 Å². The van der Waals surface area contributed by atoms with Gasteiger partial charge in [0.2, 0.25) is 5.91 Å². The Bertz CT molecular complexity index is 800. The van der Waals surface area contributed by atoms with E-state index in [1.165, 1.54) is 0 Å². The highest BCUT2D eigenvalue weighted by molar-refractivity contribution is 5.94. The summed E-state index contributed by atoms with van der Waals surface area (Å²) in [7, 11) is 1.00. The molecule has 4 rings (SSSR count). The Morgan fingerprint density at radius 1 is 1.43 bits per heavy atom. The molecule has 0 saturated heterocycles. The summed E-state index contributed by atoms with van der Waals surface area (Å²) >= 11 is 0. The highest BCUT2D eigenvalue weighted by Crippen LogP contribution is 2.41. The molecule has 1 spiro atoms. The standard InChI is InChI=1S/C15H14N4O.CH4O.H2O/c16-13(20)10-4-9-5-15(6-12(9)18-7-10)8-19-14-11(15)2-1-3-17-14;1-2;/h1,3-7,11H,2,8H2,(H2,16,20)(H,17,19);2H,1H3;1H2. The third-order valence-corrected chi connectivity index (χ3v) is 4.29. The highest BCUT2D eigenvalue weighted by atomic mass is 16.2. The molecule has 7 heteroatoms. The van der Waals surface area contributed by atoms with Gasteiger partial charge in [-0.25, -0.2) is 0 Å². The Morgan fingerprint density at radius 2 is 2.22 bits per heavy atom. The third kappa shape index (κ3) is 2.64. The van der Waals surface area contributed by atoms with Crippen LogP contribution in [0.25, 0.3) is 12.2 Å². The number of nitrogens with zero attached hydrogens (tertiary/aromatic N) is 2. The molecule has 122 valence electrons. The summed E-state index contributed by atoms with van der Waals surface area (Å²) < 4.78 is 0. The fourth-order valence-electron chi connectivity index (χ4n) is 3.26. The first-order valence-electron chi connectivity index (χ1n) is 7.10. The number of aromatic nitrogens is 1. The Morgan fingerprint density at radius 3 is 2.96 bits per heavy atom. The number of aliphatic hydroxyl groups is 1. The van der Waals surface area contributed by atoms with Crippen molar-refractivity contribution >= 4 is 23.9 Å². The monoisotopic (exact) mass is 316 g/mol. The first kappa shape index (κ1) is 16.9. The lowest BCUT2D eigenvalue weighted by atomic mass is 9.75. The molecular formula is C16H20N4O3. The van der Waals surface area contributed by atoms with E-state index in [1.54, 1.807) is 6.20 Å². The maximum absolute atomic E-state index is 11.3.